The van der Waals surface area contributed by atoms with Crippen molar-refractivity contribution in [2.24, 2.45) is 16.8 Å². The first-order valence-corrected chi connectivity index (χ1v) is 13.2. The Kier molecular flexibility index (Phi) is 8.05. The molecule has 0 bridgehead atoms. The summed E-state index contributed by atoms with van der Waals surface area (Å²) >= 11 is 0. The summed E-state index contributed by atoms with van der Waals surface area (Å²) in [4.78, 5) is 30.0. The van der Waals surface area contributed by atoms with Crippen molar-refractivity contribution in [2.45, 2.75) is 47.0 Å². The number of benzene rings is 2. The van der Waals surface area contributed by atoms with E-state index in [0.717, 1.165) is 40.3 Å². The topological polar surface area (TPSA) is 100 Å². The van der Waals surface area contributed by atoms with E-state index in [1.54, 1.807) is 12.1 Å². The number of hydrogen-bond acceptors (Lipinski definition) is 5. The number of carbonyl (C=O) groups is 2. The molecule has 7 heteroatoms. The third kappa shape index (κ3) is 5.37. The normalized spacial score (nSPS) is 19.2. The molecule has 1 aliphatic carbocycles. The van der Waals surface area contributed by atoms with Crippen molar-refractivity contribution in [1.29, 1.82) is 0 Å². The molecule has 2 unspecified atom stereocenters. The Labute approximate surface area is 224 Å². The van der Waals surface area contributed by atoms with Gasteiger partial charge in [-0.3, -0.25) is 9.79 Å². The summed E-state index contributed by atoms with van der Waals surface area (Å²) in [6.07, 6.45) is 4.94. The number of nitrogens with zero attached hydrogens (tertiary/aromatic N) is 1. The van der Waals surface area contributed by atoms with Crippen LogP contribution >= 0.6 is 0 Å². The lowest BCUT2D eigenvalue weighted by molar-refractivity contribution is 0.0695. The number of aryl methyl sites for hydroxylation is 1. The summed E-state index contributed by atoms with van der Waals surface area (Å²) in [6, 6.07) is 9.05. The van der Waals surface area contributed by atoms with E-state index in [2.05, 4.69) is 41.6 Å². The molecule has 0 saturated carbocycles. The molecule has 2 aromatic rings. The number of fused-ring (bicyclic) bond motifs is 2. The molecule has 1 amide bonds. The van der Waals surface area contributed by atoms with Crippen LogP contribution in [0.5, 0.6) is 5.75 Å². The molecule has 0 saturated heterocycles. The van der Waals surface area contributed by atoms with Crippen LogP contribution in [0.3, 0.4) is 0 Å². The highest BCUT2D eigenvalue weighted by Gasteiger charge is 2.39. The minimum absolute atomic E-state index is 0.119. The largest absolute Gasteiger partial charge is 0.478 e. The summed E-state index contributed by atoms with van der Waals surface area (Å²) in [5.41, 5.74) is 5.90. The van der Waals surface area contributed by atoms with Gasteiger partial charge in [-0.15, -0.1) is 0 Å². The lowest BCUT2D eigenvalue weighted by Gasteiger charge is -2.37. The Hall–Kier alpha value is -3.87. The van der Waals surface area contributed by atoms with Crippen molar-refractivity contribution in [3.05, 3.63) is 81.6 Å². The molecule has 1 heterocycles. The van der Waals surface area contributed by atoms with Gasteiger partial charge in [-0.2, -0.15) is 0 Å². The van der Waals surface area contributed by atoms with Gasteiger partial charge in [0.2, 0.25) is 0 Å². The number of carboxylic acid groups (broad SMARTS) is 1. The van der Waals surface area contributed by atoms with E-state index in [1.807, 2.05) is 40.0 Å². The molecule has 4 rings (SSSR count). The molecule has 2 aliphatic rings. The molecule has 1 aliphatic heterocycles. The predicted molar refractivity (Wildman–Crippen MR) is 152 cm³/mol. The number of anilines is 1. The summed E-state index contributed by atoms with van der Waals surface area (Å²) in [6.45, 7) is 11.4. The molecule has 2 aromatic carbocycles. The van der Waals surface area contributed by atoms with Crippen LogP contribution in [0.15, 0.2) is 58.8 Å². The Morgan fingerprint density at radius 2 is 1.89 bits per heavy atom. The van der Waals surface area contributed by atoms with E-state index in [-0.39, 0.29) is 23.3 Å². The van der Waals surface area contributed by atoms with Crippen molar-refractivity contribution >= 4 is 23.3 Å². The molecular formula is C31H37N3O4. The van der Waals surface area contributed by atoms with E-state index >= 15 is 0 Å². The molecule has 3 N–H and O–H groups in total. The summed E-state index contributed by atoms with van der Waals surface area (Å²) in [7, 11) is 1.86. The molecule has 0 spiro atoms. The zero-order valence-corrected chi connectivity index (χ0v) is 23.0. The van der Waals surface area contributed by atoms with Gasteiger partial charge in [0.05, 0.1) is 11.3 Å². The summed E-state index contributed by atoms with van der Waals surface area (Å²) < 4.78 is 6.42. The molecule has 7 nitrogen and oxygen atoms in total. The predicted octanol–water partition coefficient (Wildman–Crippen LogP) is 5.96. The second-order valence-corrected chi connectivity index (χ2v) is 10.4. The zero-order chi connectivity index (χ0) is 27.6. The minimum Gasteiger partial charge on any atom is -0.478 e. The van der Waals surface area contributed by atoms with Gasteiger partial charge in [0.15, 0.2) is 0 Å². The maximum absolute atomic E-state index is 12.8. The number of rotatable bonds is 8. The van der Waals surface area contributed by atoms with Crippen molar-refractivity contribution in [3.63, 3.8) is 0 Å². The monoisotopic (exact) mass is 515 g/mol. The van der Waals surface area contributed by atoms with E-state index in [4.69, 9.17) is 4.74 Å². The minimum atomic E-state index is -1.07. The first-order valence-electron chi connectivity index (χ1n) is 13.2. The van der Waals surface area contributed by atoms with E-state index < -0.39 is 5.97 Å². The number of carbonyl (C=O) groups excluding carboxylic acids is 1. The van der Waals surface area contributed by atoms with Gasteiger partial charge in [0.25, 0.3) is 5.91 Å². The number of aliphatic imine (C=N–C) groups is 1. The Morgan fingerprint density at radius 3 is 2.55 bits per heavy atom. The maximum Gasteiger partial charge on any atom is 0.336 e. The number of aromatic carboxylic acids is 1. The molecular weight excluding hydrogens is 478 g/mol. The SMILES string of the molecule is CCN=C1C=C2Oc3cc(NC)c(C)cc3C(c3ccc(C(=O)NCCC(C)C)cc3C(=O)O)C2C=C1C. The van der Waals surface area contributed by atoms with Crippen LogP contribution in [0.1, 0.15) is 77.4 Å². The highest BCUT2D eigenvalue weighted by molar-refractivity contribution is 6.09. The van der Waals surface area contributed by atoms with Gasteiger partial charge >= 0.3 is 5.97 Å². The second-order valence-electron chi connectivity index (χ2n) is 10.4. The standard InChI is InChI=1S/C31H37N3O4/c1-7-33-26-16-28-24(13-19(26)5)29(23-12-18(4)25(32-6)15-27(23)38-28)21-9-8-20(14-22(21)31(36)37)30(35)34-11-10-17(2)3/h8-9,12-17,24,29,32H,7,10-11H2,1-6H3,(H,34,35)(H,36,37). The summed E-state index contributed by atoms with van der Waals surface area (Å²) in [5, 5.41) is 16.4. The average molecular weight is 516 g/mol. The van der Waals surface area contributed by atoms with Gasteiger partial charge in [-0.25, -0.2) is 4.79 Å². The van der Waals surface area contributed by atoms with Crippen LogP contribution < -0.4 is 15.4 Å². The van der Waals surface area contributed by atoms with Gasteiger partial charge < -0.3 is 20.5 Å². The number of amides is 1. The molecule has 2 atom stereocenters. The fourth-order valence-electron chi connectivity index (χ4n) is 5.20. The maximum atomic E-state index is 12.8. The number of hydrogen-bond donors (Lipinski definition) is 3. The fraction of sp³-hybridized carbons (Fsp3) is 0.387. The van der Waals surface area contributed by atoms with Crippen molar-refractivity contribution in [2.75, 3.05) is 25.5 Å². The van der Waals surface area contributed by atoms with Crippen molar-refractivity contribution in [3.8, 4) is 5.75 Å². The molecule has 0 aromatic heterocycles. The number of allylic oxidation sites excluding steroid dienone is 3. The van der Waals surface area contributed by atoms with E-state index in [0.29, 0.717) is 35.9 Å². The Balaban J connectivity index is 1.85. The van der Waals surface area contributed by atoms with Crippen LogP contribution in [-0.4, -0.2) is 42.8 Å². The Bertz CT molecular complexity index is 1350. The number of ether oxygens (including phenoxy) is 1. The highest BCUT2D eigenvalue weighted by Crippen LogP contribution is 2.50. The van der Waals surface area contributed by atoms with Crippen molar-refractivity contribution in [1.82, 2.24) is 5.32 Å². The fourth-order valence-corrected chi connectivity index (χ4v) is 5.20. The zero-order valence-electron chi connectivity index (χ0n) is 23.0. The van der Waals surface area contributed by atoms with Crippen LogP contribution in [0.25, 0.3) is 0 Å². The summed E-state index contributed by atoms with van der Waals surface area (Å²) in [5.74, 6) is 0.0320. The van der Waals surface area contributed by atoms with E-state index in [1.165, 1.54) is 6.07 Å². The van der Waals surface area contributed by atoms with Crippen LogP contribution in [0, 0.1) is 18.8 Å². The van der Waals surface area contributed by atoms with Gasteiger partial charge in [0, 0.05) is 60.9 Å². The first-order chi connectivity index (χ1) is 18.1. The van der Waals surface area contributed by atoms with E-state index in [9.17, 15) is 14.7 Å². The second kappa shape index (κ2) is 11.3. The van der Waals surface area contributed by atoms with Crippen LogP contribution in [0.2, 0.25) is 0 Å². The third-order valence-corrected chi connectivity index (χ3v) is 7.21. The average Bonchev–Trinajstić information content (AvgIpc) is 2.87. The lowest BCUT2D eigenvalue weighted by Crippen LogP contribution is -2.29. The molecule has 0 radical (unpaired) electrons. The van der Waals surface area contributed by atoms with Crippen LogP contribution in [-0.2, 0) is 0 Å². The smallest absolute Gasteiger partial charge is 0.336 e. The number of carboxylic acids is 1. The van der Waals surface area contributed by atoms with Gasteiger partial charge in [-0.1, -0.05) is 26.0 Å². The number of nitrogens with one attached hydrogen (secondary N) is 2. The quantitative estimate of drug-likeness (QED) is 0.403. The van der Waals surface area contributed by atoms with Crippen LogP contribution in [0.4, 0.5) is 5.69 Å². The van der Waals surface area contributed by atoms with Gasteiger partial charge in [0.1, 0.15) is 11.5 Å². The molecule has 200 valence electrons. The van der Waals surface area contributed by atoms with Crippen molar-refractivity contribution < 1.29 is 19.4 Å². The lowest BCUT2D eigenvalue weighted by atomic mass is 9.73. The highest BCUT2D eigenvalue weighted by atomic mass is 16.5. The Morgan fingerprint density at radius 1 is 1.13 bits per heavy atom. The molecule has 0 fully saturated rings. The molecule has 38 heavy (non-hydrogen) atoms. The third-order valence-electron chi connectivity index (χ3n) is 7.21. The first kappa shape index (κ1) is 27.2. The van der Waals surface area contributed by atoms with Gasteiger partial charge in [-0.05, 0) is 68.0 Å².